The molecule has 2 fully saturated rings. The highest BCUT2D eigenvalue weighted by molar-refractivity contribution is 14.0. The van der Waals surface area contributed by atoms with Crippen LogP contribution in [0.25, 0.3) is 0 Å². The van der Waals surface area contributed by atoms with Crippen molar-refractivity contribution >= 4 is 35.9 Å². The molecule has 1 N–H and O–H groups in total. The minimum Gasteiger partial charge on any atom is -0.469 e. The lowest BCUT2D eigenvalue weighted by Crippen LogP contribution is -2.46. The zero-order chi connectivity index (χ0) is 20.6. The molecular formula is C23H37IN4O2. The fourth-order valence-electron chi connectivity index (χ4n) is 4.35. The molecule has 6 nitrogen and oxygen atoms in total. The molecule has 0 aromatic heterocycles. The van der Waals surface area contributed by atoms with Crippen molar-refractivity contribution in [2.45, 2.75) is 45.7 Å². The van der Waals surface area contributed by atoms with Crippen LogP contribution in [-0.2, 0) is 22.6 Å². The summed E-state index contributed by atoms with van der Waals surface area (Å²) in [5.41, 5.74) is 2.73. The van der Waals surface area contributed by atoms with E-state index in [1.807, 2.05) is 7.05 Å². The Hall–Kier alpha value is -1.35. The monoisotopic (exact) mass is 528 g/mol. The summed E-state index contributed by atoms with van der Waals surface area (Å²) < 4.78 is 4.89. The van der Waals surface area contributed by atoms with Crippen LogP contribution >= 0.6 is 24.0 Å². The van der Waals surface area contributed by atoms with Crippen molar-refractivity contribution in [1.29, 1.82) is 0 Å². The van der Waals surface area contributed by atoms with Crippen LogP contribution in [0.3, 0.4) is 0 Å². The Kier molecular flexibility index (Phi) is 10.4. The predicted molar refractivity (Wildman–Crippen MR) is 132 cm³/mol. The SMILES string of the molecule is CN=C(NCc1ccccc1CN1CCC(C)CC1)N1CCC(C(=O)OC)CC1.I. The van der Waals surface area contributed by atoms with E-state index < -0.39 is 0 Å². The summed E-state index contributed by atoms with van der Waals surface area (Å²) in [7, 11) is 3.30. The molecule has 30 heavy (non-hydrogen) atoms. The second kappa shape index (κ2) is 12.5. The number of methoxy groups -OCH3 is 1. The van der Waals surface area contributed by atoms with Crippen molar-refractivity contribution in [3.63, 3.8) is 0 Å². The molecule has 2 saturated heterocycles. The molecule has 0 saturated carbocycles. The molecule has 1 aromatic carbocycles. The van der Waals surface area contributed by atoms with Gasteiger partial charge >= 0.3 is 5.97 Å². The standard InChI is InChI=1S/C23H36N4O2.HI/c1-18-8-12-26(13-9-18)17-21-7-5-4-6-20(21)16-25-23(24-2)27-14-10-19(11-15-27)22(28)29-3;/h4-7,18-19H,8-17H2,1-3H3,(H,24,25);1H. The van der Waals surface area contributed by atoms with Gasteiger partial charge in [0.1, 0.15) is 0 Å². The average Bonchev–Trinajstić information content (AvgIpc) is 2.76. The van der Waals surface area contributed by atoms with Crippen LogP contribution in [0.1, 0.15) is 43.7 Å². The van der Waals surface area contributed by atoms with Crippen molar-refractivity contribution < 1.29 is 9.53 Å². The van der Waals surface area contributed by atoms with Crippen LogP contribution in [0.4, 0.5) is 0 Å². The summed E-state index contributed by atoms with van der Waals surface area (Å²) >= 11 is 0. The zero-order valence-corrected chi connectivity index (χ0v) is 20.9. The van der Waals surface area contributed by atoms with E-state index in [2.05, 4.69) is 51.3 Å². The second-order valence-electron chi connectivity index (χ2n) is 8.41. The molecule has 0 aliphatic carbocycles. The normalized spacial score (nSPS) is 19.3. The summed E-state index contributed by atoms with van der Waals surface area (Å²) in [4.78, 5) is 21.0. The number of piperidine rings is 2. The highest BCUT2D eigenvalue weighted by atomic mass is 127. The number of nitrogens with zero attached hydrogens (tertiary/aromatic N) is 3. The number of guanidine groups is 1. The molecule has 0 unspecified atom stereocenters. The van der Waals surface area contributed by atoms with Crippen molar-refractivity contribution in [2.24, 2.45) is 16.8 Å². The van der Waals surface area contributed by atoms with Gasteiger partial charge in [0.2, 0.25) is 0 Å². The fraction of sp³-hybridized carbons (Fsp3) is 0.652. The van der Waals surface area contributed by atoms with Gasteiger partial charge in [-0.05, 0) is 55.8 Å². The van der Waals surface area contributed by atoms with E-state index in [0.717, 1.165) is 50.9 Å². The van der Waals surface area contributed by atoms with Crippen LogP contribution in [-0.4, -0.2) is 62.1 Å². The molecule has 0 amide bonds. The minimum absolute atomic E-state index is 0. The van der Waals surface area contributed by atoms with Gasteiger partial charge in [0.25, 0.3) is 0 Å². The number of halogens is 1. The van der Waals surface area contributed by atoms with Crippen LogP contribution in [0.5, 0.6) is 0 Å². The van der Waals surface area contributed by atoms with Crippen molar-refractivity contribution in [1.82, 2.24) is 15.1 Å². The van der Waals surface area contributed by atoms with Crippen LogP contribution in [0.2, 0.25) is 0 Å². The molecule has 2 aliphatic rings. The van der Waals surface area contributed by atoms with Gasteiger partial charge in [-0.25, -0.2) is 0 Å². The zero-order valence-electron chi connectivity index (χ0n) is 18.6. The quantitative estimate of drug-likeness (QED) is 0.275. The Balaban J connectivity index is 0.00000320. The number of ether oxygens (including phenoxy) is 1. The summed E-state index contributed by atoms with van der Waals surface area (Å²) in [6.45, 7) is 8.19. The van der Waals surface area contributed by atoms with Crippen LogP contribution in [0.15, 0.2) is 29.3 Å². The van der Waals surface area contributed by atoms with Gasteiger partial charge in [0, 0.05) is 33.2 Å². The first-order valence-corrected chi connectivity index (χ1v) is 10.9. The van der Waals surface area contributed by atoms with Gasteiger partial charge < -0.3 is 15.0 Å². The number of likely N-dealkylation sites (tertiary alicyclic amines) is 2. The molecule has 2 heterocycles. The number of esters is 1. The van der Waals surface area contributed by atoms with Gasteiger partial charge in [-0.3, -0.25) is 14.7 Å². The summed E-state index contributed by atoms with van der Waals surface area (Å²) in [6.07, 6.45) is 4.23. The number of rotatable bonds is 5. The lowest BCUT2D eigenvalue weighted by molar-refractivity contribution is -0.146. The maximum atomic E-state index is 11.8. The molecule has 0 bridgehead atoms. The minimum atomic E-state index is -0.0892. The van der Waals surface area contributed by atoms with Crippen molar-refractivity contribution in [3.8, 4) is 0 Å². The highest BCUT2D eigenvalue weighted by Gasteiger charge is 2.27. The first kappa shape index (κ1) is 24.9. The summed E-state index contributed by atoms with van der Waals surface area (Å²) in [5, 5.41) is 3.54. The summed E-state index contributed by atoms with van der Waals surface area (Å²) in [6, 6.07) is 8.71. The molecular weight excluding hydrogens is 491 g/mol. The largest absolute Gasteiger partial charge is 0.469 e. The first-order chi connectivity index (χ1) is 14.1. The Morgan fingerprint density at radius 2 is 1.73 bits per heavy atom. The number of nitrogens with one attached hydrogen (secondary N) is 1. The van der Waals surface area contributed by atoms with Gasteiger partial charge in [0.05, 0.1) is 13.0 Å². The van der Waals surface area contributed by atoms with E-state index in [4.69, 9.17) is 4.74 Å². The van der Waals surface area contributed by atoms with Crippen molar-refractivity contribution in [2.75, 3.05) is 40.3 Å². The van der Waals surface area contributed by atoms with E-state index in [1.54, 1.807) is 0 Å². The van der Waals surface area contributed by atoms with Gasteiger partial charge in [0.15, 0.2) is 5.96 Å². The van der Waals surface area contributed by atoms with E-state index in [1.165, 1.54) is 44.2 Å². The molecule has 0 spiro atoms. The van der Waals surface area contributed by atoms with E-state index in [0.29, 0.717) is 0 Å². The van der Waals surface area contributed by atoms with Crippen LogP contribution in [0, 0.1) is 11.8 Å². The first-order valence-electron chi connectivity index (χ1n) is 10.9. The van der Waals surface area contributed by atoms with Crippen LogP contribution < -0.4 is 5.32 Å². The number of aliphatic imine (C=N–C) groups is 1. The lowest BCUT2D eigenvalue weighted by atomic mass is 9.97. The highest BCUT2D eigenvalue weighted by Crippen LogP contribution is 2.21. The smallest absolute Gasteiger partial charge is 0.308 e. The Morgan fingerprint density at radius 3 is 2.33 bits per heavy atom. The summed E-state index contributed by atoms with van der Waals surface area (Å²) in [5.74, 6) is 1.70. The van der Waals surface area contributed by atoms with Gasteiger partial charge in [-0.1, -0.05) is 31.2 Å². The number of hydrogen-bond donors (Lipinski definition) is 1. The van der Waals surface area contributed by atoms with E-state index in [9.17, 15) is 4.79 Å². The molecule has 168 valence electrons. The Morgan fingerprint density at radius 1 is 1.10 bits per heavy atom. The predicted octanol–water partition coefficient (Wildman–Crippen LogP) is 3.50. The van der Waals surface area contributed by atoms with E-state index in [-0.39, 0.29) is 35.9 Å². The Labute approximate surface area is 198 Å². The van der Waals surface area contributed by atoms with Gasteiger partial charge in [-0.15, -0.1) is 24.0 Å². The molecule has 0 radical (unpaired) electrons. The maximum absolute atomic E-state index is 11.8. The third kappa shape index (κ3) is 6.83. The van der Waals surface area contributed by atoms with E-state index >= 15 is 0 Å². The lowest BCUT2D eigenvalue weighted by Gasteiger charge is -2.33. The molecule has 3 rings (SSSR count). The third-order valence-electron chi connectivity index (χ3n) is 6.37. The third-order valence-corrected chi connectivity index (χ3v) is 6.37. The topological polar surface area (TPSA) is 57.2 Å². The second-order valence-corrected chi connectivity index (χ2v) is 8.41. The number of benzene rings is 1. The molecule has 2 aliphatic heterocycles. The van der Waals surface area contributed by atoms with Gasteiger partial charge in [-0.2, -0.15) is 0 Å². The van der Waals surface area contributed by atoms with Crippen molar-refractivity contribution in [3.05, 3.63) is 35.4 Å². The Bertz CT molecular complexity index is 696. The average molecular weight is 528 g/mol. The molecule has 1 aromatic rings. The molecule has 0 atom stereocenters. The fourth-order valence-corrected chi connectivity index (χ4v) is 4.35. The molecule has 7 heteroatoms. The maximum Gasteiger partial charge on any atom is 0.308 e. The number of carbonyl (C=O) groups excluding carboxylic acids is 1. The number of hydrogen-bond acceptors (Lipinski definition) is 4. The number of carbonyl (C=O) groups is 1.